The molecule has 14 heavy (non-hydrogen) atoms. The lowest BCUT2D eigenvalue weighted by Crippen LogP contribution is -2.47. The summed E-state index contributed by atoms with van der Waals surface area (Å²) in [6, 6.07) is 0. The van der Waals surface area contributed by atoms with Crippen LogP contribution in [0.5, 0.6) is 0 Å². The van der Waals surface area contributed by atoms with Crippen molar-refractivity contribution in [3.05, 3.63) is 11.7 Å². The van der Waals surface area contributed by atoms with Crippen molar-refractivity contribution in [1.29, 1.82) is 0 Å². The van der Waals surface area contributed by atoms with Crippen LogP contribution in [0.4, 0.5) is 0 Å². The molecule has 0 atom stereocenters. The second-order valence-corrected chi connectivity index (χ2v) is 4.10. The molecule has 0 aromatic carbocycles. The van der Waals surface area contributed by atoms with E-state index in [0.717, 1.165) is 25.9 Å². The van der Waals surface area contributed by atoms with Gasteiger partial charge in [0.15, 0.2) is 5.82 Å². The third kappa shape index (κ3) is 1.65. The van der Waals surface area contributed by atoms with Crippen LogP contribution < -0.4 is 5.73 Å². The number of aryl methyl sites for hydroxylation is 1. The van der Waals surface area contributed by atoms with Gasteiger partial charge < -0.3 is 15.2 Å². The van der Waals surface area contributed by atoms with E-state index in [1.807, 2.05) is 0 Å². The van der Waals surface area contributed by atoms with Crippen molar-refractivity contribution in [2.45, 2.75) is 25.3 Å². The van der Waals surface area contributed by atoms with E-state index in [4.69, 9.17) is 10.3 Å². The van der Waals surface area contributed by atoms with Gasteiger partial charge in [-0.3, -0.25) is 0 Å². The Bertz CT molecular complexity index is 314. The van der Waals surface area contributed by atoms with Gasteiger partial charge >= 0.3 is 0 Å². The number of likely N-dealkylation sites (tertiary alicyclic amines) is 1. The predicted octanol–water partition coefficient (Wildman–Crippen LogP) is 0.258. The minimum atomic E-state index is -0.385. The number of piperidine rings is 1. The van der Waals surface area contributed by atoms with Gasteiger partial charge in [-0.2, -0.15) is 4.98 Å². The fourth-order valence-corrected chi connectivity index (χ4v) is 1.74. The molecule has 2 rings (SSSR count). The van der Waals surface area contributed by atoms with Crippen molar-refractivity contribution >= 4 is 0 Å². The summed E-state index contributed by atoms with van der Waals surface area (Å²) >= 11 is 0. The average Bonchev–Trinajstić information content (AvgIpc) is 2.58. The largest absolute Gasteiger partial charge is 0.340 e. The van der Waals surface area contributed by atoms with Crippen molar-refractivity contribution in [2.75, 3.05) is 20.1 Å². The Morgan fingerprint density at radius 2 is 2.07 bits per heavy atom. The Balaban J connectivity index is 2.16. The van der Waals surface area contributed by atoms with Crippen LogP contribution in [0, 0.1) is 6.92 Å². The number of aromatic nitrogens is 2. The van der Waals surface area contributed by atoms with Gasteiger partial charge in [-0.15, -0.1) is 0 Å². The van der Waals surface area contributed by atoms with E-state index in [1.54, 1.807) is 6.92 Å². The number of rotatable bonds is 1. The summed E-state index contributed by atoms with van der Waals surface area (Å²) in [6.45, 7) is 3.77. The Kier molecular flexibility index (Phi) is 2.28. The molecular weight excluding hydrogens is 180 g/mol. The second-order valence-electron chi connectivity index (χ2n) is 4.10. The smallest absolute Gasteiger partial charge is 0.223 e. The zero-order valence-corrected chi connectivity index (χ0v) is 8.66. The van der Waals surface area contributed by atoms with Gasteiger partial charge in [0.1, 0.15) is 0 Å². The van der Waals surface area contributed by atoms with Gasteiger partial charge in [0.25, 0.3) is 0 Å². The molecule has 1 aromatic heterocycles. The van der Waals surface area contributed by atoms with Crippen LogP contribution >= 0.6 is 0 Å². The number of hydrogen-bond acceptors (Lipinski definition) is 5. The minimum Gasteiger partial charge on any atom is -0.340 e. The van der Waals surface area contributed by atoms with E-state index in [9.17, 15) is 0 Å². The normalized spacial score (nSPS) is 22.5. The first-order chi connectivity index (χ1) is 6.60. The number of nitrogens with zero attached hydrogens (tertiary/aromatic N) is 3. The number of nitrogens with two attached hydrogens (primary N) is 1. The molecule has 0 bridgehead atoms. The molecule has 0 amide bonds. The second kappa shape index (κ2) is 3.33. The highest BCUT2D eigenvalue weighted by molar-refractivity contribution is 5.05. The van der Waals surface area contributed by atoms with Crippen LogP contribution in [-0.4, -0.2) is 35.2 Å². The fourth-order valence-electron chi connectivity index (χ4n) is 1.74. The van der Waals surface area contributed by atoms with Gasteiger partial charge in [0.2, 0.25) is 5.89 Å². The standard InChI is InChI=1S/C9H16N4O/c1-7-11-8(12-14-7)9(10)3-5-13(2)6-4-9/h3-6,10H2,1-2H3. The minimum absolute atomic E-state index is 0.385. The molecule has 0 unspecified atom stereocenters. The van der Waals surface area contributed by atoms with Crippen molar-refractivity contribution < 1.29 is 4.52 Å². The Labute approximate surface area is 83.3 Å². The lowest BCUT2D eigenvalue weighted by molar-refractivity contribution is 0.181. The maximum absolute atomic E-state index is 6.24. The molecule has 0 saturated carbocycles. The molecule has 78 valence electrons. The van der Waals surface area contributed by atoms with Crippen molar-refractivity contribution in [3.8, 4) is 0 Å². The SMILES string of the molecule is Cc1nc(C2(N)CCN(C)CC2)no1. The van der Waals surface area contributed by atoms with Crippen molar-refractivity contribution in [3.63, 3.8) is 0 Å². The lowest BCUT2D eigenvalue weighted by atomic mass is 9.88. The third-order valence-corrected chi connectivity index (χ3v) is 2.85. The molecule has 1 fully saturated rings. The predicted molar refractivity (Wildman–Crippen MR) is 51.6 cm³/mol. The highest BCUT2D eigenvalue weighted by atomic mass is 16.5. The number of hydrogen-bond donors (Lipinski definition) is 1. The summed E-state index contributed by atoms with van der Waals surface area (Å²) < 4.78 is 4.96. The van der Waals surface area contributed by atoms with Crippen LogP contribution in [0.15, 0.2) is 4.52 Å². The zero-order valence-electron chi connectivity index (χ0n) is 8.66. The molecule has 0 spiro atoms. The van der Waals surface area contributed by atoms with Crippen LogP contribution in [0.3, 0.4) is 0 Å². The maximum atomic E-state index is 6.24. The van der Waals surface area contributed by atoms with Gasteiger partial charge in [-0.25, -0.2) is 0 Å². The molecule has 1 saturated heterocycles. The van der Waals surface area contributed by atoms with E-state index < -0.39 is 0 Å². The zero-order chi connectivity index (χ0) is 10.2. The third-order valence-electron chi connectivity index (χ3n) is 2.85. The Morgan fingerprint density at radius 1 is 1.43 bits per heavy atom. The molecule has 1 aliphatic heterocycles. The van der Waals surface area contributed by atoms with E-state index in [1.165, 1.54) is 0 Å². The molecule has 1 aromatic rings. The quantitative estimate of drug-likeness (QED) is 0.697. The molecule has 5 nitrogen and oxygen atoms in total. The van der Waals surface area contributed by atoms with E-state index in [-0.39, 0.29) is 5.54 Å². The molecule has 5 heteroatoms. The highest BCUT2D eigenvalue weighted by Crippen LogP contribution is 2.27. The van der Waals surface area contributed by atoms with Crippen LogP contribution in [0.1, 0.15) is 24.6 Å². The monoisotopic (exact) mass is 196 g/mol. The topological polar surface area (TPSA) is 68.2 Å². The first-order valence-electron chi connectivity index (χ1n) is 4.88. The molecule has 2 N–H and O–H groups in total. The summed E-state index contributed by atoms with van der Waals surface area (Å²) in [5, 5.41) is 3.91. The highest BCUT2D eigenvalue weighted by Gasteiger charge is 2.35. The van der Waals surface area contributed by atoms with Crippen LogP contribution in [-0.2, 0) is 5.54 Å². The van der Waals surface area contributed by atoms with E-state index in [0.29, 0.717) is 11.7 Å². The van der Waals surface area contributed by atoms with Gasteiger partial charge in [-0.05, 0) is 19.9 Å². The summed E-state index contributed by atoms with van der Waals surface area (Å²) in [7, 11) is 2.10. The molecular formula is C9H16N4O. The molecule has 0 aliphatic carbocycles. The first kappa shape index (κ1) is 9.61. The summed E-state index contributed by atoms with van der Waals surface area (Å²) in [5.74, 6) is 1.24. The van der Waals surface area contributed by atoms with Crippen molar-refractivity contribution in [1.82, 2.24) is 15.0 Å². The Morgan fingerprint density at radius 3 is 2.57 bits per heavy atom. The molecule has 1 aliphatic rings. The summed E-state index contributed by atoms with van der Waals surface area (Å²) in [4.78, 5) is 6.47. The van der Waals surface area contributed by atoms with Gasteiger partial charge in [0, 0.05) is 20.0 Å². The van der Waals surface area contributed by atoms with Crippen LogP contribution in [0.2, 0.25) is 0 Å². The molecule has 2 heterocycles. The fraction of sp³-hybridized carbons (Fsp3) is 0.778. The summed E-state index contributed by atoms with van der Waals surface area (Å²) in [5.41, 5.74) is 5.86. The van der Waals surface area contributed by atoms with Crippen LogP contribution in [0.25, 0.3) is 0 Å². The van der Waals surface area contributed by atoms with Gasteiger partial charge in [-0.1, -0.05) is 5.16 Å². The Hall–Kier alpha value is -0.940. The maximum Gasteiger partial charge on any atom is 0.223 e. The van der Waals surface area contributed by atoms with E-state index in [2.05, 4.69) is 22.1 Å². The van der Waals surface area contributed by atoms with Crippen molar-refractivity contribution in [2.24, 2.45) is 5.73 Å². The molecule has 0 radical (unpaired) electrons. The average molecular weight is 196 g/mol. The van der Waals surface area contributed by atoms with Gasteiger partial charge in [0.05, 0.1) is 5.54 Å². The lowest BCUT2D eigenvalue weighted by Gasteiger charge is -2.35. The van der Waals surface area contributed by atoms with E-state index >= 15 is 0 Å². The first-order valence-corrected chi connectivity index (χ1v) is 4.88. The summed E-state index contributed by atoms with van der Waals surface area (Å²) in [6.07, 6.45) is 1.78.